The molecule has 9 heteroatoms. The summed E-state index contributed by atoms with van der Waals surface area (Å²) in [6, 6.07) is 27.4. The summed E-state index contributed by atoms with van der Waals surface area (Å²) in [5.74, 6) is -2.91. The van der Waals surface area contributed by atoms with Crippen molar-refractivity contribution >= 4 is 23.7 Å². The number of halogens is 1. The third-order valence-electron chi connectivity index (χ3n) is 7.21. The molecular weight excluding hydrogens is 537 g/mol. The maximum absolute atomic E-state index is 13.9. The van der Waals surface area contributed by atoms with Crippen molar-refractivity contribution < 1.29 is 28.6 Å². The highest BCUT2D eigenvalue weighted by molar-refractivity contribution is 6.03. The number of hydrogen-bond donors (Lipinski definition) is 3. The fourth-order valence-corrected chi connectivity index (χ4v) is 5.27. The summed E-state index contributed by atoms with van der Waals surface area (Å²) in [7, 11) is 1.79. The van der Waals surface area contributed by atoms with Crippen LogP contribution in [0.25, 0.3) is 11.1 Å². The Bertz CT molecular complexity index is 1570. The minimum atomic E-state index is -1.33. The number of ether oxygens (including phenoxy) is 1. The number of likely N-dealkylation sites (N-methyl/N-ethyl adjacent to an activating group) is 1. The molecule has 4 aromatic carbocycles. The summed E-state index contributed by atoms with van der Waals surface area (Å²) < 4.78 is 19.6. The third kappa shape index (κ3) is 6.47. The van der Waals surface area contributed by atoms with Crippen LogP contribution in [0.3, 0.4) is 0 Å². The average molecular weight is 568 g/mol. The summed E-state index contributed by atoms with van der Waals surface area (Å²) in [5.41, 5.74) is 4.79. The van der Waals surface area contributed by atoms with Gasteiger partial charge >= 0.3 is 12.1 Å². The molecule has 0 spiro atoms. The van der Waals surface area contributed by atoms with E-state index >= 15 is 0 Å². The van der Waals surface area contributed by atoms with Gasteiger partial charge in [-0.05, 0) is 53.1 Å². The zero-order chi connectivity index (χ0) is 29.6. The van der Waals surface area contributed by atoms with Crippen molar-refractivity contribution in [3.05, 3.63) is 125 Å². The molecule has 4 aromatic rings. The zero-order valence-corrected chi connectivity index (χ0v) is 22.9. The quantitative estimate of drug-likeness (QED) is 0.234. The normalized spacial score (nSPS) is 12.7. The maximum Gasteiger partial charge on any atom is 0.407 e. The van der Waals surface area contributed by atoms with Gasteiger partial charge in [0, 0.05) is 19.0 Å². The van der Waals surface area contributed by atoms with Crippen molar-refractivity contribution in [2.45, 2.75) is 18.5 Å². The molecule has 214 valence electrons. The molecule has 0 fully saturated rings. The Kier molecular flexibility index (Phi) is 8.59. The van der Waals surface area contributed by atoms with Gasteiger partial charge in [-0.2, -0.15) is 0 Å². The number of nitrogens with zero attached hydrogens (tertiary/aromatic N) is 1. The van der Waals surface area contributed by atoms with Crippen LogP contribution in [0.1, 0.15) is 33.0 Å². The minimum Gasteiger partial charge on any atom is -0.478 e. The Labute approximate surface area is 242 Å². The summed E-state index contributed by atoms with van der Waals surface area (Å²) in [4.78, 5) is 40.0. The van der Waals surface area contributed by atoms with Crippen LogP contribution in [0.15, 0.2) is 97.1 Å². The van der Waals surface area contributed by atoms with E-state index in [9.17, 15) is 23.9 Å². The number of amides is 2. The number of benzene rings is 4. The van der Waals surface area contributed by atoms with Gasteiger partial charge in [-0.25, -0.2) is 14.0 Å². The number of hydrogen-bond acceptors (Lipinski definition) is 5. The number of aromatic carboxylic acids is 1. The number of nitrogens with one attached hydrogen (secondary N) is 2. The lowest BCUT2D eigenvalue weighted by atomic mass is 9.98. The van der Waals surface area contributed by atoms with E-state index in [-0.39, 0.29) is 30.3 Å². The lowest BCUT2D eigenvalue weighted by Crippen LogP contribution is -2.50. The highest BCUT2D eigenvalue weighted by atomic mass is 19.1. The van der Waals surface area contributed by atoms with Gasteiger partial charge in [0.25, 0.3) is 0 Å². The molecule has 0 saturated heterocycles. The largest absolute Gasteiger partial charge is 0.478 e. The molecule has 0 bridgehead atoms. The van der Waals surface area contributed by atoms with Gasteiger partial charge in [-0.3, -0.25) is 9.69 Å². The first-order valence-electron chi connectivity index (χ1n) is 13.5. The smallest absolute Gasteiger partial charge is 0.407 e. The first kappa shape index (κ1) is 28.5. The Morgan fingerprint density at radius 2 is 1.52 bits per heavy atom. The Morgan fingerprint density at radius 3 is 2.17 bits per heavy atom. The average Bonchev–Trinajstić information content (AvgIpc) is 3.29. The van der Waals surface area contributed by atoms with Gasteiger partial charge in [-0.15, -0.1) is 0 Å². The number of anilines is 1. The van der Waals surface area contributed by atoms with E-state index in [4.69, 9.17) is 4.74 Å². The van der Waals surface area contributed by atoms with Crippen molar-refractivity contribution in [3.8, 4) is 11.1 Å². The number of rotatable bonds is 10. The minimum absolute atomic E-state index is 0.0567. The fraction of sp³-hybridized carbons (Fsp3) is 0.182. The van der Waals surface area contributed by atoms with Crippen LogP contribution in [0.5, 0.6) is 0 Å². The van der Waals surface area contributed by atoms with Crippen molar-refractivity contribution in [3.63, 3.8) is 0 Å². The van der Waals surface area contributed by atoms with Crippen molar-refractivity contribution in [2.75, 3.05) is 25.5 Å². The molecular formula is C33H30FN3O5. The van der Waals surface area contributed by atoms with E-state index in [1.54, 1.807) is 7.05 Å². The standard InChI is InChI=1S/C33H30FN3O5/c1-37(18-21-9-3-2-4-10-21)19-30(31(38)35-29-17-22(34)15-16-27(29)32(39)40)36-33(41)42-20-28-25-13-7-5-11-23(25)24-12-6-8-14-26(24)28/h2-17,28,30H,18-20H2,1H3,(H,35,38)(H,36,41)(H,39,40). The predicted octanol–water partition coefficient (Wildman–Crippen LogP) is 5.50. The molecule has 1 aliphatic rings. The molecule has 2 amide bonds. The lowest BCUT2D eigenvalue weighted by Gasteiger charge is -2.25. The van der Waals surface area contributed by atoms with Crippen molar-refractivity contribution in [1.29, 1.82) is 0 Å². The van der Waals surface area contributed by atoms with Gasteiger partial charge in [0.15, 0.2) is 0 Å². The van der Waals surface area contributed by atoms with Crippen LogP contribution in [0, 0.1) is 5.82 Å². The molecule has 5 rings (SSSR count). The summed E-state index contributed by atoms with van der Waals surface area (Å²) in [6.45, 7) is 0.612. The second kappa shape index (κ2) is 12.7. The molecule has 42 heavy (non-hydrogen) atoms. The van der Waals surface area contributed by atoms with E-state index < -0.39 is 29.8 Å². The van der Waals surface area contributed by atoms with Gasteiger partial charge in [-0.1, -0.05) is 78.9 Å². The first-order valence-corrected chi connectivity index (χ1v) is 13.5. The van der Waals surface area contributed by atoms with Crippen molar-refractivity contribution in [2.24, 2.45) is 0 Å². The van der Waals surface area contributed by atoms with Crippen LogP contribution in [-0.2, 0) is 16.1 Å². The topological polar surface area (TPSA) is 108 Å². The molecule has 3 N–H and O–H groups in total. The highest BCUT2D eigenvalue weighted by Crippen LogP contribution is 2.44. The Hall–Kier alpha value is -5.02. The summed E-state index contributed by atoms with van der Waals surface area (Å²) >= 11 is 0. The van der Waals surface area contributed by atoms with Crippen molar-refractivity contribution in [1.82, 2.24) is 10.2 Å². The monoisotopic (exact) mass is 567 g/mol. The van der Waals surface area contributed by atoms with E-state index in [0.29, 0.717) is 6.54 Å². The molecule has 0 heterocycles. The summed E-state index contributed by atoms with van der Waals surface area (Å²) in [6.07, 6.45) is -0.803. The molecule has 0 aromatic heterocycles. The number of alkyl carbamates (subject to hydrolysis) is 1. The number of carbonyl (C=O) groups is 3. The second-order valence-corrected chi connectivity index (χ2v) is 10.2. The zero-order valence-electron chi connectivity index (χ0n) is 22.9. The molecule has 0 aliphatic heterocycles. The lowest BCUT2D eigenvalue weighted by molar-refractivity contribution is -0.118. The van der Waals surface area contributed by atoms with E-state index in [1.165, 1.54) is 0 Å². The second-order valence-electron chi connectivity index (χ2n) is 10.2. The molecule has 1 atom stereocenters. The van der Waals surface area contributed by atoms with Crippen LogP contribution in [-0.4, -0.2) is 54.2 Å². The van der Waals surface area contributed by atoms with Crippen LogP contribution < -0.4 is 10.6 Å². The SMILES string of the molecule is CN(Cc1ccccc1)CC(NC(=O)OCC1c2ccccc2-c2ccccc21)C(=O)Nc1cc(F)ccc1C(=O)O. The summed E-state index contributed by atoms with van der Waals surface area (Å²) in [5, 5.41) is 14.6. The number of fused-ring (bicyclic) bond motifs is 3. The van der Waals surface area contributed by atoms with E-state index in [0.717, 1.165) is 46.0 Å². The fourth-order valence-electron chi connectivity index (χ4n) is 5.27. The number of carboxylic acid groups (broad SMARTS) is 1. The molecule has 1 unspecified atom stereocenters. The van der Waals surface area contributed by atoms with Gasteiger partial charge < -0.3 is 20.5 Å². The molecule has 0 radical (unpaired) electrons. The van der Waals surface area contributed by atoms with E-state index in [1.807, 2.05) is 83.8 Å². The highest BCUT2D eigenvalue weighted by Gasteiger charge is 2.30. The maximum atomic E-state index is 13.9. The Morgan fingerprint density at radius 1 is 0.905 bits per heavy atom. The Balaban J connectivity index is 1.31. The molecule has 1 aliphatic carbocycles. The van der Waals surface area contributed by atoms with Gasteiger partial charge in [0.2, 0.25) is 5.91 Å². The number of carboxylic acids is 1. The van der Waals surface area contributed by atoms with Crippen LogP contribution in [0.2, 0.25) is 0 Å². The molecule has 0 saturated carbocycles. The first-order chi connectivity index (χ1) is 20.3. The predicted molar refractivity (Wildman–Crippen MR) is 157 cm³/mol. The third-order valence-corrected chi connectivity index (χ3v) is 7.21. The molecule has 8 nitrogen and oxygen atoms in total. The van der Waals surface area contributed by atoms with Crippen LogP contribution >= 0.6 is 0 Å². The van der Waals surface area contributed by atoms with Crippen LogP contribution in [0.4, 0.5) is 14.9 Å². The van der Waals surface area contributed by atoms with Gasteiger partial charge in [0.05, 0.1) is 11.3 Å². The van der Waals surface area contributed by atoms with Gasteiger partial charge in [0.1, 0.15) is 18.5 Å². The van der Waals surface area contributed by atoms with E-state index in [2.05, 4.69) is 10.6 Å². The number of carbonyl (C=O) groups excluding carboxylic acids is 2.